The maximum Gasteiger partial charge on any atom is 0.338 e. The van der Waals surface area contributed by atoms with E-state index in [-0.39, 0.29) is 28.2 Å². The topological polar surface area (TPSA) is 119 Å². The molecule has 0 radical (unpaired) electrons. The Bertz CT molecular complexity index is 1550. The average molecular weight is 523 g/mol. The highest BCUT2D eigenvalue weighted by molar-refractivity contribution is 7.07. The maximum atomic E-state index is 13.5. The fourth-order valence-electron chi connectivity index (χ4n) is 4.15. The minimum absolute atomic E-state index is 0.0178. The van der Waals surface area contributed by atoms with Gasteiger partial charge >= 0.3 is 11.9 Å². The van der Waals surface area contributed by atoms with Crippen LogP contribution in [0.15, 0.2) is 58.9 Å². The highest BCUT2D eigenvalue weighted by atomic mass is 32.1. The van der Waals surface area contributed by atoms with Gasteiger partial charge in [0.15, 0.2) is 0 Å². The molecule has 0 amide bonds. The second kappa shape index (κ2) is 10.8. The third-order valence-corrected chi connectivity index (χ3v) is 7.02. The van der Waals surface area contributed by atoms with Gasteiger partial charge in [-0.2, -0.15) is 0 Å². The summed E-state index contributed by atoms with van der Waals surface area (Å²) in [6.45, 7) is 1.75. The number of benzene rings is 2. The Morgan fingerprint density at radius 1 is 0.946 bits per heavy atom. The van der Waals surface area contributed by atoms with Crippen molar-refractivity contribution in [2.24, 2.45) is 5.73 Å². The molecule has 10 heteroatoms. The molecule has 0 saturated carbocycles. The van der Waals surface area contributed by atoms with Gasteiger partial charge in [-0.05, 0) is 48.4 Å². The molecule has 1 aliphatic heterocycles. The van der Waals surface area contributed by atoms with E-state index >= 15 is 0 Å². The van der Waals surface area contributed by atoms with E-state index in [9.17, 15) is 14.4 Å². The number of esters is 2. The van der Waals surface area contributed by atoms with Crippen molar-refractivity contribution < 1.29 is 28.5 Å². The molecule has 1 atom stereocenters. The third-order valence-electron chi connectivity index (χ3n) is 5.91. The fourth-order valence-corrected chi connectivity index (χ4v) is 5.31. The zero-order valence-corrected chi connectivity index (χ0v) is 21.6. The smallest absolute Gasteiger partial charge is 0.338 e. The van der Waals surface area contributed by atoms with Crippen LogP contribution in [0.25, 0.3) is 17.5 Å². The van der Waals surface area contributed by atoms with Gasteiger partial charge in [-0.1, -0.05) is 24.3 Å². The standard InChI is InChI=1S/C27H26N2O7S/c1-5-36-27(32)21-20(16-8-12-18(34-3)13-9-16)22(26(31)35-4)25-29(23(21)28)24(30)19(37-25)14-15-6-10-17(33-2)11-7-15/h6-14,20H,5,28H2,1-4H3/t20-/m0/s1. The van der Waals surface area contributed by atoms with E-state index in [1.165, 1.54) is 18.8 Å². The molecular formula is C27H26N2O7S. The summed E-state index contributed by atoms with van der Waals surface area (Å²) in [5.74, 6) is -1.18. The van der Waals surface area contributed by atoms with E-state index in [2.05, 4.69) is 0 Å². The van der Waals surface area contributed by atoms with Gasteiger partial charge in [0.1, 0.15) is 22.0 Å². The van der Waals surface area contributed by atoms with Gasteiger partial charge in [0.2, 0.25) is 0 Å². The van der Waals surface area contributed by atoms with Crippen molar-refractivity contribution in [3.05, 3.63) is 84.8 Å². The number of hydrogen-bond acceptors (Lipinski definition) is 9. The lowest BCUT2D eigenvalue weighted by Crippen LogP contribution is -2.41. The molecule has 192 valence electrons. The molecule has 3 aromatic rings. The van der Waals surface area contributed by atoms with Crippen LogP contribution in [0.3, 0.4) is 0 Å². The lowest BCUT2D eigenvalue weighted by Gasteiger charge is -2.26. The van der Waals surface area contributed by atoms with Crippen LogP contribution in [-0.2, 0) is 19.1 Å². The van der Waals surface area contributed by atoms with Crippen LogP contribution in [0, 0.1) is 0 Å². The quantitative estimate of drug-likeness (QED) is 0.465. The van der Waals surface area contributed by atoms with Gasteiger partial charge in [0.25, 0.3) is 5.56 Å². The molecule has 1 aliphatic rings. The number of carbonyl (C=O) groups is 2. The molecule has 4 rings (SSSR count). The van der Waals surface area contributed by atoms with E-state index in [4.69, 9.17) is 24.7 Å². The van der Waals surface area contributed by atoms with Crippen LogP contribution >= 0.6 is 11.3 Å². The van der Waals surface area contributed by atoms with Crippen molar-refractivity contribution in [1.82, 2.24) is 4.57 Å². The van der Waals surface area contributed by atoms with Gasteiger partial charge < -0.3 is 24.7 Å². The number of nitrogens with zero attached hydrogens (tertiary/aromatic N) is 1. The molecule has 9 nitrogen and oxygen atoms in total. The Morgan fingerprint density at radius 2 is 1.54 bits per heavy atom. The Morgan fingerprint density at radius 3 is 2.08 bits per heavy atom. The summed E-state index contributed by atoms with van der Waals surface area (Å²) in [4.78, 5) is 39.9. The van der Waals surface area contributed by atoms with Crippen molar-refractivity contribution in [2.75, 3.05) is 27.9 Å². The molecule has 1 aromatic heterocycles. The van der Waals surface area contributed by atoms with E-state index in [1.54, 1.807) is 68.6 Å². The molecule has 2 N–H and O–H groups in total. The molecule has 0 spiro atoms. The monoisotopic (exact) mass is 522 g/mol. The van der Waals surface area contributed by atoms with E-state index in [1.807, 2.05) is 0 Å². The first-order chi connectivity index (χ1) is 17.8. The van der Waals surface area contributed by atoms with Crippen molar-refractivity contribution in [1.29, 1.82) is 0 Å². The number of aromatic nitrogens is 1. The zero-order valence-electron chi connectivity index (χ0n) is 20.8. The highest BCUT2D eigenvalue weighted by Crippen LogP contribution is 2.38. The predicted molar refractivity (Wildman–Crippen MR) is 140 cm³/mol. The molecule has 0 saturated heterocycles. The Hall–Kier alpha value is -4.31. The van der Waals surface area contributed by atoms with Crippen LogP contribution in [0.1, 0.15) is 24.0 Å². The summed E-state index contributed by atoms with van der Waals surface area (Å²) in [7, 11) is 4.35. The second-order valence-corrected chi connectivity index (χ2v) is 8.99. The number of fused-ring (bicyclic) bond motifs is 1. The third kappa shape index (κ3) is 4.75. The number of carbonyl (C=O) groups excluding carboxylic acids is 2. The van der Waals surface area contributed by atoms with Crippen molar-refractivity contribution in [3.8, 4) is 11.5 Å². The number of nitrogens with two attached hydrogens (primary N) is 1. The molecule has 0 bridgehead atoms. The predicted octanol–water partition coefficient (Wildman–Crippen LogP) is 1.57. The van der Waals surface area contributed by atoms with E-state index in [0.717, 1.165) is 16.9 Å². The molecule has 0 unspecified atom stereocenters. The molecule has 2 aromatic carbocycles. The van der Waals surface area contributed by atoms with Crippen LogP contribution in [0.5, 0.6) is 11.5 Å². The lowest BCUT2D eigenvalue weighted by molar-refractivity contribution is -0.138. The molecule has 0 aliphatic carbocycles. The first kappa shape index (κ1) is 25.8. The van der Waals surface area contributed by atoms with Gasteiger partial charge in [-0.15, -0.1) is 11.3 Å². The lowest BCUT2D eigenvalue weighted by atomic mass is 9.83. The van der Waals surface area contributed by atoms with Crippen molar-refractivity contribution in [2.45, 2.75) is 12.8 Å². The molecule has 0 fully saturated rings. The number of rotatable bonds is 7. The minimum Gasteiger partial charge on any atom is -0.497 e. The van der Waals surface area contributed by atoms with Crippen LogP contribution in [0.4, 0.5) is 0 Å². The molecule has 2 heterocycles. The SMILES string of the molecule is CCOC(=O)C1=C(N)n2c(sc(=Cc3ccc(OC)cc3)c2=O)=C(C(=O)OC)[C@H]1c1ccc(OC)cc1. The van der Waals surface area contributed by atoms with Gasteiger partial charge in [0.05, 0.1) is 49.5 Å². The Balaban J connectivity index is 2.06. The summed E-state index contributed by atoms with van der Waals surface area (Å²) < 4.78 is 22.6. The Kier molecular flexibility index (Phi) is 7.49. The van der Waals surface area contributed by atoms with Crippen LogP contribution < -0.4 is 30.0 Å². The minimum atomic E-state index is -0.927. The molecular weight excluding hydrogens is 496 g/mol. The number of thiazole rings is 1. The second-order valence-electron chi connectivity index (χ2n) is 7.96. The summed E-state index contributed by atoms with van der Waals surface area (Å²) in [6, 6.07) is 14.0. The van der Waals surface area contributed by atoms with Crippen molar-refractivity contribution >= 4 is 40.7 Å². The van der Waals surface area contributed by atoms with Gasteiger partial charge in [-0.25, -0.2) is 9.59 Å². The first-order valence-electron chi connectivity index (χ1n) is 11.4. The van der Waals surface area contributed by atoms with Gasteiger partial charge in [0, 0.05) is 0 Å². The summed E-state index contributed by atoms with van der Waals surface area (Å²) >= 11 is 1.09. The summed E-state index contributed by atoms with van der Waals surface area (Å²) in [5, 5.41) is 0. The fraction of sp³-hybridized carbons (Fsp3) is 0.222. The first-order valence-corrected chi connectivity index (χ1v) is 12.2. The normalized spacial score (nSPS) is 15.3. The maximum absolute atomic E-state index is 13.5. The van der Waals surface area contributed by atoms with Crippen molar-refractivity contribution in [3.63, 3.8) is 0 Å². The van der Waals surface area contributed by atoms with Crippen LogP contribution in [-0.4, -0.2) is 44.4 Å². The highest BCUT2D eigenvalue weighted by Gasteiger charge is 2.39. The summed E-state index contributed by atoms with van der Waals surface area (Å²) in [6.07, 6.45) is 1.69. The number of methoxy groups -OCH3 is 3. The summed E-state index contributed by atoms with van der Waals surface area (Å²) in [5.41, 5.74) is 7.44. The average Bonchev–Trinajstić information content (AvgIpc) is 3.24. The van der Waals surface area contributed by atoms with E-state index < -0.39 is 23.4 Å². The molecule has 37 heavy (non-hydrogen) atoms. The number of hydrogen-bond donors (Lipinski definition) is 1. The van der Waals surface area contributed by atoms with E-state index in [0.29, 0.717) is 21.6 Å². The number of ether oxygens (including phenoxy) is 4. The van der Waals surface area contributed by atoms with Gasteiger partial charge in [-0.3, -0.25) is 9.36 Å². The van der Waals surface area contributed by atoms with Crippen LogP contribution in [0.2, 0.25) is 0 Å². The largest absolute Gasteiger partial charge is 0.497 e. The zero-order chi connectivity index (χ0) is 26.7. The Labute approximate surface area is 216 Å².